The summed E-state index contributed by atoms with van der Waals surface area (Å²) in [6.45, 7) is 0.176. The van der Waals surface area contributed by atoms with E-state index in [1.165, 1.54) is 18.5 Å². The van der Waals surface area contributed by atoms with E-state index in [1.807, 2.05) is 0 Å². The van der Waals surface area contributed by atoms with Gasteiger partial charge in [-0.25, -0.2) is 23.6 Å². The number of halogens is 2. The molecule has 1 aromatic carbocycles. The zero-order chi connectivity index (χ0) is 19.1. The number of carbonyl (C=O) groups is 1. The summed E-state index contributed by atoms with van der Waals surface area (Å²) < 4.78 is 15.5. The molecular weight excluding hydrogens is 375 g/mol. The lowest BCUT2D eigenvalue weighted by Crippen LogP contribution is -2.37. The highest BCUT2D eigenvalue weighted by Crippen LogP contribution is 2.32. The quantitative estimate of drug-likeness (QED) is 0.739. The first-order valence-electron chi connectivity index (χ1n) is 8.29. The van der Waals surface area contributed by atoms with Crippen molar-refractivity contribution in [3.8, 4) is 5.69 Å². The van der Waals surface area contributed by atoms with Crippen molar-refractivity contribution in [1.82, 2.24) is 14.5 Å². The van der Waals surface area contributed by atoms with Crippen molar-refractivity contribution in [3.05, 3.63) is 57.9 Å². The number of hydrogen-bond acceptors (Lipinski definition) is 4. The summed E-state index contributed by atoms with van der Waals surface area (Å²) in [5.41, 5.74) is -0.603. The minimum atomic E-state index is -1.27. The van der Waals surface area contributed by atoms with Gasteiger partial charge in [-0.15, -0.1) is 0 Å². The van der Waals surface area contributed by atoms with Crippen molar-refractivity contribution in [2.45, 2.75) is 12.8 Å². The minimum absolute atomic E-state index is 0.0390. The fourth-order valence-corrected chi connectivity index (χ4v) is 3.14. The Morgan fingerprint density at radius 2 is 2.15 bits per heavy atom. The van der Waals surface area contributed by atoms with Gasteiger partial charge in [-0.2, -0.15) is 0 Å². The minimum Gasteiger partial charge on any atom is -0.465 e. The molecule has 138 valence electrons. The van der Waals surface area contributed by atoms with Crippen LogP contribution in [0, 0.1) is 11.7 Å². The van der Waals surface area contributed by atoms with Gasteiger partial charge < -0.3 is 5.11 Å². The third-order valence-corrected chi connectivity index (χ3v) is 4.74. The second-order valence-corrected chi connectivity index (χ2v) is 6.76. The van der Waals surface area contributed by atoms with Crippen LogP contribution in [0.5, 0.6) is 0 Å². The predicted octanol–water partition coefficient (Wildman–Crippen LogP) is 3.47. The van der Waals surface area contributed by atoms with Crippen LogP contribution in [0.25, 0.3) is 16.6 Å². The van der Waals surface area contributed by atoms with E-state index < -0.39 is 17.5 Å². The van der Waals surface area contributed by atoms with Crippen LogP contribution in [0.3, 0.4) is 0 Å². The Labute approximate surface area is 157 Å². The summed E-state index contributed by atoms with van der Waals surface area (Å²) in [5, 5.41) is 9.63. The number of rotatable bonds is 4. The second-order valence-electron chi connectivity index (χ2n) is 6.35. The maximum absolute atomic E-state index is 14.4. The van der Waals surface area contributed by atoms with E-state index >= 15 is 0 Å². The van der Waals surface area contributed by atoms with Crippen LogP contribution >= 0.6 is 11.6 Å². The van der Waals surface area contributed by atoms with Crippen LogP contribution < -0.4 is 10.5 Å². The fourth-order valence-electron chi connectivity index (χ4n) is 2.91. The zero-order valence-corrected chi connectivity index (χ0v) is 14.7. The van der Waals surface area contributed by atoms with Crippen molar-refractivity contribution in [2.24, 2.45) is 5.92 Å². The number of pyridine rings is 1. The van der Waals surface area contributed by atoms with Crippen LogP contribution in [-0.4, -0.2) is 32.3 Å². The molecule has 0 unspecified atom stereocenters. The molecule has 1 fully saturated rings. The zero-order valence-electron chi connectivity index (χ0n) is 14.0. The molecule has 3 aromatic rings. The van der Waals surface area contributed by atoms with Gasteiger partial charge in [0, 0.05) is 12.7 Å². The molecule has 2 aromatic heterocycles. The van der Waals surface area contributed by atoms with E-state index in [2.05, 4.69) is 9.97 Å². The van der Waals surface area contributed by atoms with Crippen LogP contribution in [-0.2, 0) is 0 Å². The van der Waals surface area contributed by atoms with Gasteiger partial charge in [-0.05, 0) is 43.0 Å². The Kier molecular flexibility index (Phi) is 4.27. The van der Waals surface area contributed by atoms with Crippen LogP contribution in [0.15, 0.2) is 41.5 Å². The number of nitrogens with zero attached hydrogens (tertiary/aromatic N) is 4. The van der Waals surface area contributed by atoms with Crippen molar-refractivity contribution in [2.75, 3.05) is 11.4 Å². The average Bonchev–Trinajstić information content (AvgIpc) is 3.47. The lowest BCUT2D eigenvalue weighted by molar-refractivity contribution is 0.201. The summed E-state index contributed by atoms with van der Waals surface area (Å²) >= 11 is 6.12. The number of anilines is 1. The third-order valence-electron chi connectivity index (χ3n) is 4.42. The summed E-state index contributed by atoms with van der Waals surface area (Å²) in [5.74, 6) is -0.732. The molecule has 0 radical (unpaired) electrons. The van der Waals surface area contributed by atoms with Gasteiger partial charge in [0.15, 0.2) is 0 Å². The van der Waals surface area contributed by atoms with Crippen LogP contribution in [0.2, 0.25) is 5.02 Å². The van der Waals surface area contributed by atoms with Crippen molar-refractivity contribution in [3.63, 3.8) is 0 Å². The standard InChI is InChI=1S/C18H14ClFN4O3/c19-12-5-6-13(20)15-14(12)16(25)24(11-2-1-7-21-8-11)17(22-15)23(18(26)27)9-10-3-4-10/h1-2,5-8,10H,3-4,9H2,(H,26,27). The van der Waals surface area contributed by atoms with E-state index in [9.17, 15) is 19.1 Å². The lowest BCUT2D eigenvalue weighted by atomic mass is 10.2. The number of benzene rings is 1. The molecule has 0 aliphatic heterocycles. The molecule has 1 amide bonds. The second kappa shape index (κ2) is 6.62. The van der Waals surface area contributed by atoms with Gasteiger partial charge in [0.05, 0.1) is 22.3 Å². The molecule has 1 N–H and O–H groups in total. The lowest BCUT2D eigenvalue weighted by Gasteiger charge is -2.22. The van der Waals surface area contributed by atoms with Crippen molar-refractivity contribution < 1.29 is 14.3 Å². The average molecular weight is 389 g/mol. The van der Waals surface area contributed by atoms with E-state index in [0.717, 1.165) is 28.4 Å². The summed E-state index contributed by atoms with van der Waals surface area (Å²) in [6, 6.07) is 5.57. The summed E-state index contributed by atoms with van der Waals surface area (Å²) in [7, 11) is 0. The molecule has 1 aliphatic rings. The van der Waals surface area contributed by atoms with Crippen LogP contribution in [0.1, 0.15) is 12.8 Å². The Bertz CT molecular complexity index is 1100. The Morgan fingerprint density at radius 3 is 2.78 bits per heavy atom. The normalized spacial score (nSPS) is 13.7. The summed E-state index contributed by atoms with van der Waals surface area (Å²) in [6.07, 6.45) is 3.45. The van der Waals surface area contributed by atoms with Gasteiger partial charge in [-0.1, -0.05) is 11.6 Å². The molecule has 7 nitrogen and oxygen atoms in total. The number of carboxylic acid groups (broad SMARTS) is 1. The monoisotopic (exact) mass is 388 g/mol. The number of amides is 1. The van der Waals surface area contributed by atoms with E-state index in [1.54, 1.807) is 12.1 Å². The molecule has 1 aliphatic carbocycles. The first-order chi connectivity index (χ1) is 13.0. The van der Waals surface area contributed by atoms with Gasteiger partial charge in [0.2, 0.25) is 5.95 Å². The molecule has 0 saturated heterocycles. The largest absolute Gasteiger partial charge is 0.465 e. The van der Waals surface area contributed by atoms with Gasteiger partial charge in [-0.3, -0.25) is 9.78 Å². The van der Waals surface area contributed by atoms with E-state index in [0.29, 0.717) is 5.69 Å². The topological polar surface area (TPSA) is 88.3 Å². The smallest absolute Gasteiger partial charge is 0.414 e. The van der Waals surface area contributed by atoms with E-state index in [-0.39, 0.29) is 34.3 Å². The Balaban J connectivity index is 2.07. The third kappa shape index (κ3) is 3.12. The predicted molar refractivity (Wildman–Crippen MR) is 98.2 cm³/mol. The highest BCUT2D eigenvalue weighted by Gasteiger charge is 2.31. The molecule has 4 rings (SSSR count). The van der Waals surface area contributed by atoms with Gasteiger partial charge >= 0.3 is 6.09 Å². The molecule has 0 bridgehead atoms. The molecule has 1 saturated carbocycles. The molecule has 2 heterocycles. The van der Waals surface area contributed by atoms with Crippen LogP contribution in [0.4, 0.5) is 15.1 Å². The molecule has 27 heavy (non-hydrogen) atoms. The summed E-state index contributed by atoms with van der Waals surface area (Å²) in [4.78, 5) is 34.2. The Hall–Kier alpha value is -3.00. The van der Waals surface area contributed by atoms with Gasteiger partial charge in [0.1, 0.15) is 11.3 Å². The Morgan fingerprint density at radius 1 is 1.37 bits per heavy atom. The number of hydrogen-bond donors (Lipinski definition) is 1. The molecule has 9 heteroatoms. The van der Waals surface area contributed by atoms with Crippen molar-refractivity contribution >= 4 is 34.5 Å². The maximum atomic E-state index is 14.4. The molecule has 0 atom stereocenters. The van der Waals surface area contributed by atoms with E-state index in [4.69, 9.17) is 11.6 Å². The first-order valence-corrected chi connectivity index (χ1v) is 8.67. The fraction of sp³-hybridized carbons (Fsp3) is 0.222. The highest BCUT2D eigenvalue weighted by atomic mass is 35.5. The van der Waals surface area contributed by atoms with Gasteiger partial charge in [0.25, 0.3) is 5.56 Å². The maximum Gasteiger partial charge on any atom is 0.414 e. The highest BCUT2D eigenvalue weighted by molar-refractivity contribution is 6.35. The molecule has 0 spiro atoms. The van der Waals surface area contributed by atoms with Crippen molar-refractivity contribution in [1.29, 1.82) is 0 Å². The number of aromatic nitrogens is 3. The first kappa shape index (κ1) is 17.4. The molecular formula is C18H14ClFN4O3. The number of fused-ring (bicyclic) bond motifs is 1. The SMILES string of the molecule is O=C(O)N(CC1CC1)c1nc2c(F)ccc(Cl)c2c(=O)n1-c1cccnc1.